The van der Waals surface area contributed by atoms with Crippen LogP contribution in [0.25, 0.3) is 10.1 Å². The maximum Gasteiger partial charge on any atom is 0.207 e. The number of phenols is 1. The van der Waals surface area contributed by atoms with Gasteiger partial charge in [-0.2, -0.15) is 0 Å². The van der Waals surface area contributed by atoms with Gasteiger partial charge in [-0.15, -0.1) is 11.3 Å². The highest BCUT2D eigenvalue weighted by molar-refractivity contribution is 7.21. The van der Waals surface area contributed by atoms with Gasteiger partial charge >= 0.3 is 0 Å². The first-order chi connectivity index (χ1) is 18.3. The molecule has 196 valence electrons. The normalized spacial score (nSPS) is 21.1. The minimum atomic E-state index is -0.682. The largest absolute Gasteiger partial charge is 0.508 e. The van der Waals surface area contributed by atoms with E-state index in [-0.39, 0.29) is 23.7 Å². The molecule has 1 N–H and O–H groups in total. The Balaban J connectivity index is 1.26. The average Bonchev–Trinajstić information content (AvgIpc) is 3.26. The minimum Gasteiger partial charge on any atom is -0.508 e. The lowest BCUT2D eigenvalue weighted by Crippen LogP contribution is -2.28. The van der Waals surface area contributed by atoms with Crippen molar-refractivity contribution < 1.29 is 23.8 Å². The summed E-state index contributed by atoms with van der Waals surface area (Å²) in [6.45, 7) is 7.55. The SMILES string of the molecule is Cc1cc(C)c(C(=O)c2sc3cc(O)ccc3c2Oc2ccc(OC3CCN(C4CC4F)C3)cc2)c(C)c1. The van der Waals surface area contributed by atoms with Gasteiger partial charge in [-0.1, -0.05) is 17.7 Å². The van der Waals surface area contributed by atoms with Gasteiger partial charge in [-0.3, -0.25) is 9.69 Å². The summed E-state index contributed by atoms with van der Waals surface area (Å²) in [5.41, 5.74) is 3.64. The highest BCUT2D eigenvalue weighted by Gasteiger charge is 2.45. The minimum absolute atomic E-state index is 0.0493. The molecule has 1 aliphatic heterocycles. The third kappa shape index (κ3) is 4.76. The Morgan fingerprint density at radius 1 is 1.03 bits per heavy atom. The van der Waals surface area contributed by atoms with Crippen molar-refractivity contribution in [2.24, 2.45) is 0 Å². The summed E-state index contributed by atoms with van der Waals surface area (Å²) in [6, 6.07) is 16.6. The Morgan fingerprint density at radius 2 is 1.71 bits per heavy atom. The lowest BCUT2D eigenvalue weighted by Gasteiger charge is -2.16. The molecule has 0 spiro atoms. The lowest BCUT2D eigenvalue weighted by molar-refractivity contribution is 0.103. The predicted molar refractivity (Wildman–Crippen MR) is 148 cm³/mol. The Bertz CT molecular complexity index is 1510. The number of hydrogen-bond acceptors (Lipinski definition) is 6. The zero-order chi connectivity index (χ0) is 26.6. The Labute approximate surface area is 225 Å². The molecule has 6 rings (SSSR count). The van der Waals surface area contributed by atoms with E-state index in [1.165, 1.54) is 11.3 Å². The van der Waals surface area contributed by atoms with E-state index in [0.717, 1.165) is 52.0 Å². The van der Waals surface area contributed by atoms with Crippen molar-refractivity contribution in [1.29, 1.82) is 0 Å². The molecule has 2 fully saturated rings. The lowest BCUT2D eigenvalue weighted by atomic mass is 9.95. The first-order valence-electron chi connectivity index (χ1n) is 13.0. The molecule has 3 unspecified atom stereocenters. The summed E-state index contributed by atoms with van der Waals surface area (Å²) in [4.78, 5) is 16.5. The van der Waals surface area contributed by atoms with Crippen molar-refractivity contribution in [3.63, 3.8) is 0 Å². The van der Waals surface area contributed by atoms with Crippen LogP contribution in [0.4, 0.5) is 4.39 Å². The Kier molecular flexibility index (Phi) is 6.36. The van der Waals surface area contributed by atoms with Crippen LogP contribution >= 0.6 is 11.3 Å². The average molecular weight is 532 g/mol. The molecule has 1 saturated heterocycles. The summed E-state index contributed by atoms with van der Waals surface area (Å²) in [7, 11) is 0. The van der Waals surface area contributed by atoms with Crippen LogP contribution in [0.2, 0.25) is 0 Å². The van der Waals surface area contributed by atoms with Crippen molar-refractivity contribution in [2.45, 2.75) is 51.9 Å². The van der Waals surface area contributed by atoms with E-state index in [4.69, 9.17) is 9.47 Å². The summed E-state index contributed by atoms with van der Waals surface area (Å²) in [5.74, 6) is 1.86. The van der Waals surface area contributed by atoms with Crippen LogP contribution in [0.5, 0.6) is 23.0 Å². The molecule has 3 aromatic carbocycles. The second-order valence-electron chi connectivity index (χ2n) is 10.5. The molecular formula is C31H30FNO4S. The quantitative estimate of drug-likeness (QED) is 0.257. The predicted octanol–water partition coefficient (Wildman–Crippen LogP) is 7.12. The first-order valence-corrected chi connectivity index (χ1v) is 13.8. The smallest absolute Gasteiger partial charge is 0.207 e. The van der Waals surface area contributed by atoms with Crippen LogP contribution in [0.3, 0.4) is 0 Å². The van der Waals surface area contributed by atoms with Gasteiger partial charge in [-0.05, 0) is 87.2 Å². The molecule has 1 saturated carbocycles. The number of likely N-dealkylation sites (tertiary alicyclic amines) is 1. The van der Waals surface area contributed by atoms with Gasteiger partial charge in [0.2, 0.25) is 5.78 Å². The van der Waals surface area contributed by atoms with Crippen molar-refractivity contribution >= 4 is 27.2 Å². The van der Waals surface area contributed by atoms with Gasteiger partial charge in [0.25, 0.3) is 0 Å². The number of aryl methyl sites for hydroxylation is 3. The van der Waals surface area contributed by atoms with E-state index in [9.17, 15) is 14.3 Å². The zero-order valence-corrected chi connectivity index (χ0v) is 22.5. The number of carbonyl (C=O) groups excluding carboxylic acids is 1. The van der Waals surface area contributed by atoms with E-state index >= 15 is 0 Å². The molecule has 0 radical (unpaired) electrons. The summed E-state index contributed by atoms with van der Waals surface area (Å²) >= 11 is 1.32. The van der Waals surface area contributed by atoms with Crippen LogP contribution < -0.4 is 9.47 Å². The molecule has 38 heavy (non-hydrogen) atoms. The number of aromatic hydroxyl groups is 1. The Morgan fingerprint density at radius 3 is 2.39 bits per heavy atom. The standard InChI is InChI=1S/C31H30FNO4S/c1-17-12-18(2)28(19(3)13-17)29(35)31-30(24-9-4-20(34)14-27(24)38-31)37-22-7-5-21(6-8-22)36-23-10-11-33(16-23)26-15-25(26)32/h4-9,12-14,23,25-26,34H,10-11,15-16H2,1-3H3. The van der Waals surface area contributed by atoms with Crippen LogP contribution in [-0.4, -0.2) is 47.2 Å². The molecule has 2 heterocycles. The molecule has 5 nitrogen and oxygen atoms in total. The van der Waals surface area contributed by atoms with Crippen molar-refractivity contribution in [3.05, 3.63) is 81.7 Å². The van der Waals surface area contributed by atoms with Crippen molar-refractivity contribution in [1.82, 2.24) is 4.90 Å². The van der Waals surface area contributed by atoms with Gasteiger partial charge in [0, 0.05) is 34.8 Å². The Hall–Kier alpha value is -3.42. The first kappa shape index (κ1) is 24.9. The fourth-order valence-electron chi connectivity index (χ4n) is 5.54. The van der Waals surface area contributed by atoms with Crippen LogP contribution in [0, 0.1) is 20.8 Å². The fraction of sp³-hybridized carbons (Fsp3) is 0.323. The number of fused-ring (bicyclic) bond motifs is 1. The van der Waals surface area contributed by atoms with Crippen LogP contribution in [-0.2, 0) is 0 Å². The zero-order valence-electron chi connectivity index (χ0n) is 21.7. The van der Waals surface area contributed by atoms with Crippen LogP contribution in [0.1, 0.15) is 44.8 Å². The van der Waals surface area contributed by atoms with Crippen molar-refractivity contribution in [2.75, 3.05) is 13.1 Å². The number of halogens is 1. The third-order valence-electron chi connectivity index (χ3n) is 7.41. The summed E-state index contributed by atoms with van der Waals surface area (Å²) in [6.07, 6.45) is 0.896. The highest BCUT2D eigenvalue weighted by atomic mass is 32.1. The fourth-order valence-corrected chi connectivity index (χ4v) is 6.65. The van der Waals surface area contributed by atoms with E-state index in [1.54, 1.807) is 18.2 Å². The molecule has 4 aromatic rings. The van der Waals surface area contributed by atoms with Crippen molar-refractivity contribution in [3.8, 4) is 23.0 Å². The molecule has 2 aliphatic rings. The maximum atomic E-state index is 13.8. The van der Waals surface area contributed by atoms with E-state index in [1.807, 2.05) is 57.2 Å². The molecular weight excluding hydrogens is 501 g/mol. The number of benzene rings is 3. The summed E-state index contributed by atoms with van der Waals surface area (Å²) < 4.78 is 26.7. The molecule has 1 aliphatic carbocycles. The molecule has 0 bridgehead atoms. The number of rotatable bonds is 7. The topological polar surface area (TPSA) is 59.0 Å². The number of phenolic OH excluding ortho intramolecular Hbond substituents is 1. The van der Waals surface area contributed by atoms with E-state index in [2.05, 4.69) is 4.90 Å². The second kappa shape index (κ2) is 9.71. The van der Waals surface area contributed by atoms with Gasteiger partial charge in [-0.25, -0.2) is 4.39 Å². The number of carbonyl (C=O) groups is 1. The number of thiophene rings is 1. The number of ether oxygens (including phenoxy) is 2. The summed E-state index contributed by atoms with van der Waals surface area (Å²) in [5, 5.41) is 10.8. The number of ketones is 1. The molecule has 0 amide bonds. The molecule has 3 atom stereocenters. The van der Waals surface area contributed by atoms with Gasteiger partial charge in [0.1, 0.15) is 34.4 Å². The van der Waals surface area contributed by atoms with E-state index < -0.39 is 6.17 Å². The van der Waals surface area contributed by atoms with Gasteiger partial charge in [0.05, 0.1) is 0 Å². The van der Waals surface area contributed by atoms with Gasteiger partial charge < -0.3 is 14.6 Å². The monoisotopic (exact) mass is 531 g/mol. The maximum absolute atomic E-state index is 13.8. The number of alkyl halides is 1. The number of hydrogen-bond donors (Lipinski definition) is 1. The highest BCUT2D eigenvalue weighted by Crippen LogP contribution is 2.43. The third-order valence-corrected chi connectivity index (χ3v) is 8.54. The molecule has 1 aromatic heterocycles. The van der Waals surface area contributed by atoms with Gasteiger partial charge in [0.15, 0.2) is 5.75 Å². The number of nitrogens with zero attached hydrogens (tertiary/aromatic N) is 1. The van der Waals surface area contributed by atoms with Crippen LogP contribution in [0.15, 0.2) is 54.6 Å². The van der Waals surface area contributed by atoms with E-state index in [0.29, 0.717) is 28.4 Å². The second-order valence-corrected chi connectivity index (χ2v) is 11.5. The molecule has 7 heteroatoms.